The van der Waals surface area contributed by atoms with Gasteiger partial charge in [-0.1, -0.05) is 0 Å². The Morgan fingerprint density at radius 2 is 1.60 bits per heavy atom. The van der Waals surface area contributed by atoms with Gasteiger partial charge in [0.2, 0.25) is 11.6 Å². The van der Waals surface area contributed by atoms with E-state index in [1.807, 2.05) is 0 Å². The van der Waals surface area contributed by atoms with Crippen LogP contribution in [0.3, 0.4) is 0 Å². The van der Waals surface area contributed by atoms with Crippen molar-refractivity contribution in [3.8, 4) is 5.75 Å². The highest BCUT2D eigenvalue weighted by molar-refractivity contribution is 5.32. The number of aryl methyl sites for hydroxylation is 1. The first kappa shape index (κ1) is 11.7. The van der Waals surface area contributed by atoms with Crippen molar-refractivity contribution in [1.82, 2.24) is 0 Å². The zero-order valence-corrected chi connectivity index (χ0v) is 7.25. The predicted octanol–water partition coefficient (Wildman–Crippen LogP) is 3.31. The van der Waals surface area contributed by atoms with Crippen LogP contribution in [-0.4, -0.2) is 6.36 Å². The van der Waals surface area contributed by atoms with Crippen molar-refractivity contribution in [2.75, 3.05) is 0 Å². The van der Waals surface area contributed by atoms with Crippen molar-refractivity contribution in [3.05, 3.63) is 29.1 Å². The Balaban J connectivity index is 3.24. The lowest BCUT2D eigenvalue weighted by Gasteiger charge is -2.11. The van der Waals surface area contributed by atoms with E-state index in [1.165, 1.54) is 0 Å². The number of rotatable bonds is 1. The van der Waals surface area contributed by atoms with Crippen molar-refractivity contribution < 1.29 is 31.1 Å². The molecular formula is C8H4F6O. The first-order chi connectivity index (χ1) is 6.72. The second kappa shape index (κ2) is 3.63. The SMILES string of the molecule is Cc1cc(F)c(OC(F)(F)F)c(F)c1F. The molecule has 0 radical (unpaired) electrons. The van der Waals surface area contributed by atoms with Crippen LogP contribution >= 0.6 is 0 Å². The van der Waals surface area contributed by atoms with Gasteiger partial charge in [0.15, 0.2) is 11.6 Å². The maximum absolute atomic E-state index is 12.8. The van der Waals surface area contributed by atoms with Crippen LogP contribution in [0.25, 0.3) is 0 Å². The lowest BCUT2D eigenvalue weighted by Crippen LogP contribution is -2.19. The minimum atomic E-state index is -5.27. The van der Waals surface area contributed by atoms with E-state index in [4.69, 9.17) is 0 Å². The number of hydrogen-bond donors (Lipinski definition) is 0. The Kier molecular flexibility index (Phi) is 2.83. The highest BCUT2D eigenvalue weighted by Crippen LogP contribution is 2.31. The molecule has 1 aromatic rings. The van der Waals surface area contributed by atoms with Gasteiger partial charge in [-0.3, -0.25) is 0 Å². The number of hydrogen-bond acceptors (Lipinski definition) is 1. The molecule has 0 bridgehead atoms. The molecule has 7 heteroatoms. The van der Waals surface area contributed by atoms with E-state index >= 15 is 0 Å². The number of alkyl halides is 3. The summed E-state index contributed by atoms with van der Waals surface area (Å²) in [4.78, 5) is 0. The highest BCUT2D eigenvalue weighted by Gasteiger charge is 2.35. The molecule has 1 aromatic carbocycles. The summed E-state index contributed by atoms with van der Waals surface area (Å²) >= 11 is 0. The second-order valence-corrected chi connectivity index (χ2v) is 2.68. The highest BCUT2D eigenvalue weighted by atomic mass is 19.4. The van der Waals surface area contributed by atoms with Gasteiger partial charge >= 0.3 is 6.36 Å². The lowest BCUT2D eigenvalue weighted by atomic mass is 10.2. The molecule has 0 saturated carbocycles. The van der Waals surface area contributed by atoms with Crippen LogP contribution in [0.4, 0.5) is 26.3 Å². The fourth-order valence-corrected chi connectivity index (χ4v) is 0.906. The summed E-state index contributed by atoms with van der Waals surface area (Å²) in [6, 6.07) is 0.416. The largest absolute Gasteiger partial charge is 0.573 e. The Bertz CT molecular complexity index is 384. The molecule has 0 spiro atoms. The van der Waals surface area contributed by atoms with Crippen LogP contribution in [0.15, 0.2) is 6.07 Å². The maximum atomic E-state index is 12.8. The van der Waals surface area contributed by atoms with Gasteiger partial charge in [0, 0.05) is 0 Å². The molecule has 84 valence electrons. The Morgan fingerprint density at radius 1 is 1.07 bits per heavy atom. The molecule has 0 atom stereocenters. The quantitative estimate of drug-likeness (QED) is 0.531. The molecule has 0 aliphatic rings. The molecule has 0 aliphatic heterocycles. The molecule has 0 amide bonds. The number of halogens is 6. The van der Waals surface area contributed by atoms with Gasteiger partial charge in [-0.2, -0.15) is 4.39 Å². The molecule has 1 rings (SSSR count). The van der Waals surface area contributed by atoms with E-state index in [9.17, 15) is 26.3 Å². The van der Waals surface area contributed by atoms with Crippen LogP contribution < -0.4 is 4.74 Å². The third kappa shape index (κ3) is 2.54. The first-order valence-corrected chi connectivity index (χ1v) is 3.62. The lowest BCUT2D eigenvalue weighted by molar-refractivity contribution is -0.276. The molecule has 0 aliphatic carbocycles. The average Bonchev–Trinajstić information content (AvgIpc) is 2.07. The van der Waals surface area contributed by atoms with E-state index in [1.54, 1.807) is 0 Å². The molecule has 0 unspecified atom stereocenters. The van der Waals surface area contributed by atoms with E-state index in [0.717, 1.165) is 6.92 Å². The predicted molar refractivity (Wildman–Crippen MR) is 37.7 cm³/mol. The molecule has 15 heavy (non-hydrogen) atoms. The monoisotopic (exact) mass is 230 g/mol. The molecule has 0 aromatic heterocycles. The van der Waals surface area contributed by atoms with E-state index in [2.05, 4.69) is 4.74 Å². The fraction of sp³-hybridized carbons (Fsp3) is 0.250. The van der Waals surface area contributed by atoms with Crippen molar-refractivity contribution >= 4 is 0 Å². The van der Waals surface area contributed by atoms with Crippen LogP contribution in [0.5, 0.6) is 5.75 Å². The summed E-state index contributed by atoms with van der Waals surface area (Å²) in [7, 11) is 0. The maximum Gasteiger partial charge on any atom is 0.573 e. The van der Waals surface area contributed by atoms with Gasteiger partial charge in [0.05, 0.1) is 0 Å². The minimum Gasteiger partial charge on any atom is -0.399 e. The second-order valence-electron chi connectivity index (χ2n) is 2.68. The summed E-state index contributed by atoms with van der Waals surface area (Å²) in [5.41, 5.74) is -0.445. The molecule has 1 nitrogen and oxygen atoms in total. The molecule has 0 saturated heterocycles. The van der Waals surface area contributed by atoms with E-state index in [-0.39, 0.29) is 0 Å². The number of ether oxygens (including phenoxy) is 1. The van der Waals surface area contributed by atoms with Crippen LogP contribution in [0.2, 0.25) is 0 Å². The van der Waals surface area contributed by atoms with E-state index in [0.29, 0.717) is 6.07 Å². The molecule has 0 fully saturated rings. The zero-order chi connectivity index (χ0) is 11.8. The Hall–Kier alpha value is -1.40. The summed E-state index contributed by atoms with van der Waals surface area (Å²) in [6.07, 6.45) is -5.27. The van der Waals surface area contributed by atoms with Crippen LogP contribution in [0, 0.1) is 24.4 Å². The fourth-order valence-electron chi connectivity index (χ4n) is 0.906. The summed E-state index contributed by atoms with van der Waals surface area (Å²) in [6.45, 7) is 1.01. The van der Waals surface area contributed by atoms with Crippen molar-refractivity contribution in [1.29, 1.82) is 0 Å². The third-order valence-corrected chi connectivity index (χ3v) is 1.52. The van der Waals surface area contributed by atoms with Crippen molar-refractivity contribution in [2.45, 2.75) is 13.3 Å². The van der Waals surface area contributed by atoms with Gasteiger partial charge in [-0.05, 0) is 18.6 Å². The zero-order valence-electron chi connectivity index (χ0n) is 7.25. The van der Waals surface area contributed by atoms with Gasteiger partial charge in [0.1, 0.15) is 0 Å². The summed E-state index contributed by atoms with van der Waals surface area (Å²) < 4.78 is 76.3. The first-order valence-electron chi connectivity index (χ1n) is 3.62. The van der Waals surface area contributed by atoms with Crippen LogP contribution in [-0.2, 0) is 0 Å². The Morgan fingerprint density at radius 3 is 2.07 bits per heavy atom. The summed E-state index contributed by atoms with van der Waals surface area (Å²) in [5.74, 6) is -6.96. The Labute approximate surface area is 80.3 Å². The van der Waals surface area contributed by atoms with Gasteiger partial charge < -0.3 is 4.74 Å². The van der Waals surface area contributed by atoms with Gasteiger partial charge in [-0.25, -0.2) is 8.78 Å². The normalized spacial score (nSPS) is 11.7. The van der Waals surface area contributed by atoms with Gasteiger partial charge in [0.25, 0.3) is 0 Å². The van der Waals surface area contributed by atoms with Gasteiger partial charge in [-0.15, -0.1) is 13.2 Å². The average molecular weight is 230 g/mol. The summed E-state index contributed by atoms with van der Waals surface area (Å²) in [5, 5.41) is 0. The molecule has 0 N–H and O–H groups in total. The van der Waals surface area contributed by atoms with E-state index < -0.39 is 35.1 Å². The van der Waals surface area contributed by atoms with Crippen molar-refractivity contribution in [3.63, 3.8) is 0 Å². The standard InChI is InChI=1S/C8H4F6O/c1-3-2-4(9)7(6(11)5(3)10)15-8(12,13)14/h2H,1H3. The molecule has 0 heterocycles. The third-order valence-electron chi connectivity index (χ3n) is 1.52. The van der Waals surface area contributed by atoms with Crippen LogP contribution in [0.1, 0.15) is 5.56 Å². The topological polar surface area (TPSA) is 9.23 Å². The molecular weight excluding hydrogens is 226 g/mol. The number of benzene rings is 1. The van der Waals surface area contributed by atoms with Crippen molar-refractivity contribution in [2.24, 2.45) is 0 Å². The smallest absolute Gasteiger partial charge is 0.399 e. The minimum absolute atomic E-state index is 0.416.